The molecule has 96 valence electrons. The van der Waals surface area contributed by atoms with E-state index in [2.05, 4.69) is 43.4 Å². The van der Waals surface area contributed by atoms with Gasteiger partial charge in [-0.1, -0.05) is 36.8 Å². The van der Waals surface area contributed by atoms with Gasteiger partial charge in [0.05, 0.1) is 6.61 Å². The van der Waals surface area contributed by atoms with Crippen LogP contribution in [-0.2, 0) is 11.2 Å². The molecule has 2 heteroatoms. The Balaban J connectivity index is 2.39. The van der Waals surface area contributed by atoms with Crippen LogP contribution in [0.25, 0.3) is 0 Å². The van der Waals surface area contributed by atoms with Crippen molar-refractivity contribution in [1.29, 1.82) is 0 Å². The van der Waals surface area contributed by atoms with E-state index in [1.165, 1.54) is 11.1 Å². The largest absolute Gasteiger partial charge is 0.380 e. The van der Waals surface area contributed by atoms with Crippen molar-refractivity contribution in [3.05, 3.63) is 35.4 Å². The van der Waals surface area contributed by atoms with Gasteiger partial charge in [-0.2, -0.15) is 0 Å². The molecule has 17 heavy (non-hydrogen) atoms. The first-order valence-corrected chi connectivity index (χ1v) is 6.63. The molecular formula is C15H25NO. The molecule has 0 radical (unpaired) electrons. The summed E-state index contributed by atoms with van der Waals surface area (Å²) in [6.45, 7) is 8.95. The molecule has 2 nitrogen and oxygen atoms in total. The first-order chi connectivity index (χ1) is 8.26. The SMILES string of the molecule is CCNC(CCc1cccc(C)c1)COCC. The Morgan fingerprint density at radius 3 is 2.76 bits per heavy atom. The van der Waals surface area contributed by atoms with Gasteiger partial charge in [0.25, 0.3) is 0 Å². The van der Waals surface area contributed by atoms with E-state index in [4.69, 9.17) is 4.74 Å². The van der Waals surface area contributed by atoms with Gasteiger partial charge < -0.3 is 10.1 Å². The number of aryl methyl sites for hydroxylation is 2. The van der Waals surface area contributed by atoms with Crippen LogP contribution in [0.5, 0.6) is 0 Å². The molecule has 0 fully saturated rings. The summed E-state index contributed by atoms with van der Waals surface area (Å²) in [5.41, 5.74) is 2.76. The van der Waals surface area contributed by atoms with E-state index in [1.807, 2.05) is 6.92 Å². The van der Waals surface area contributed by atoms with E-state index in [9.17, 15) is 0 Å². The Kier molecular flexibility index (Phi) is 6.90. The van der Waals surface area contributed by atoms with Crippen LogP contribution in [0.1, 0.15) is 31.4 Å². The van der Waals surface area contributed by atoms with Crippen LogP contribution < -0.4 is 5.32 Å². The van der Waals surface area contributed by atoms with E-state index in [0.29, 0.717) is 6.04 Å². The van der Waals surface area contributed by atoms with E-state index < -0.39 is 0 Å². The lowest BCUT2D eigenvalue weighted by Crippen LogP contribution is -2.33. The van der Waals surface area contributed by atoms with Gasteiger partial charge in [0, 0.05) is 12.6 Å². The highest BCUT2D eigenvalue weighted by molar-refractivity contribution is 5.22. The molecule has 0 aliphatic carbocycles. The van der Waals surface area contributed by atoms with Gasteiger partial charge in [-0.3, -0.25) is 0 Å². The fourth-order valence-electron chi connectivity index (χ4n) is 2.00. The zero-order valence-corrected chi connectivity index (χ0v) is 11.3. The van der Waals surface area contributed by atoms with Crippen LogP contribution in [-0.4, -0.2) is 25.8 Å². The van der Waals surface area contributed by atoms with Gasteiger partial charge in [0.2, 0.25) is 0 Å². The summed E-state index contributed by atoms with van der Waals surface area (Å²) in [5, 5.41) is 3.48. The highest BCUT2D eigenvalue weighted by Crippen LogP contribution is 2.08. The third-order valence-corrected chi connectivity index (χ3v) is 2.88. The molecule has 1 unspecified atom stereocenters. The lowest BCUT2D eigenvalue weighted by molar-refractivity contribution is 0.120. The maximum atomic E-state index is 5.50. The van der Waals surface area contributed by atoms with Crippen LogP contribution in [0, 0.1) is 6.92 Å². The molecule has 0 saturated heterocycles. The number of rotatable bonds is 8. The van der Waals surface area contributed by atoms with E-state index in [1.54, 1.807) is 0 Å². The van der Waals surface area contributed by atoms with Crippen molar-refractivity contribution >= 4 is 0 Å². The van der Waals surface area contributed by atoms with Gasteiger partial charge in [-0.25, -0.2) is 0 Å². The number of hydrogen-bond acceptors (Lipinski definition) is 2. The summed E-state index contributed by atoms with van der Waals surface area (Å²) < 4.78 is 5.50. The average molecular weight is 235 g/mol. The normalized spacial score (nSPS) is 12.6. The van der Waals surface area contributed by atoms with Crippen molar-refractivity contribution in [2.45, 2.75) is 39.7 Å². The zero-order valence-electron chi connectivity index (χ0n) is 11.3. The smallest absolute Gasteiger partial charge is 0.0619 e. The van der Waals surface area contributed by atoms with Crippen molar-refractivity contribution in [3.63, 3.8) is 0 Å². The molecule has 1 atom stereocenters. The minimum absolute atomic E-state index is 0.473. The Morgan fingerprint density at radius 2 is 2.12 bits per heavy atom. The fourth-order valence-corrected chi connectivity index (χ4v) is 2.00. The number of hydrogen-bond donors (Lipinski definition) is 1. The molecule has 1 aromatic rings. The van der Waals surface area contributed by atoms with Crippen LogP contribution in [0.2, 0.25) is 0 Å². The number of nitrogens with one attached hydrogen (secondary N) is 1. The minimum atomic E-state index is 0.473. The average Bonchev–Trinajstić information content (AvgIpc) is 2.33. The Bertz CT molecular complexity index is 312. The second-order valence-corrected chi connectivity index (χ2v) is 4.44. The van der Waals surface area contributed by atoms with Gasteiger partial charge >= 0.3 is 0 Å². The maximum absolute atomic E-state index is 5.50. The summed E-state index contributed by atoms with van der Waals surface area (Å²) in [5.74, 6) is 0. The van der Waals surface area contributed by atoms with Crippen LogP contribution in [0.4, 0.5) is 0 Å². The standard InChI is InChI=1S/C15H25NO/c1-4-16-15(12-17-5-2)10-9-14-8-6-7-13(3)11-14/h6-8,11,15-16H,4-5,9-10,12H2,1-3H3. The molecule has 0 bridgehead atoms. The summed E-state index contributed by atoms with van der Waals surface area (Å²) in [4.78, 5) is 0. The van der Waals surface area contributed by atoms with Crippen LogP contribution in [0.15, 0.2) is 24.3 Å². The molecule has 0 aliphatic rings. The monoisotopic (exact) mass is 235 g/mol. The number of likely N-dealkylation sites (N-methyl/N-ethyl adjacent to an activating group) is 1. The predicted octanol–water partition coefficient (Wildman–Crippen LogP) is 2.94. The van der Waals surface area contributed by atoms with Gasteiger partial charge in [-0.15, -0.1) is 0 Å². The minimum Gasteiger partial charge on any atom is -0.380 e. The molecule has 0 amide bonds. The first kappa shape index (κ1) is 14.2. The molecule has 0 spiro atoms. The number of benzene rings is 1. The third-order valence-electron chi connectivity index (χ3n) is 2.88. The van der Waals surface area contributed by atoms with Crippen LogP contribution in [0.3, 0.4) is 0 Å². The van der Waals surface area contributed by atoms with Crippen LogP contribution >= 0.6 is 0 Å². The Hall–Kier alpha value is -0.860. The zero-order chi connectivity index (χ0) is 12.5. The summed E-state index contributed by atoms with van der Waals surface area (Å²) in [6.07, 6.45) is 2.25. The van der Waals surface area contributed by atoms with Crippen molar-refractivity contribution in [1.82, 2.24) is 5.32 Å². The molecule has 1 N–H and O–H groups in total. The van der Waals surface area contributed by atoms with Crippen molar-refractivity contribution in [2.75, 3.05) is 19.8 Å². The second-order valence-electron chi connectivity index (χ2n) is 4.44. The summed E-state index contributed by atoms with van der Waals surface area (Å²) in [7, 11) is 0. The van der Waals surface area contributed by atoms with Crippen molar-refractivity contribution in [2.24, 2.45) is 0 Å². The number of ether oxygens (including phenoxy) is 1. The summed E-state index contributed by atoms with van der Waals surface area (Å²) >= 11 is 0. The summed E-state index contributed by atoms with van der Waals surface area (Å²) in [6, 6.07) is 9.22. The maximum Gasteiger partial charge on any atom is 0.0619 e. The fraction of sp³-hybridized carbons (Fsp3) is 0.600. The van der Waals surface area contributed by atoms with Crippen molar-refractivity contribution < 1.29 is 4.74 Å². The lowest BCUT2D eigenvalue weighted by atomic mass is 10.0. The Morgan fingerprint density at radius 1 is 1.29 bits per heavy atom. The molecule has 0 aliphatic heterocycles. The topological polar surface area (TPSA) is 21.3 Å². The Labute approximate surface area is 105 Å². The van der Waals surface area contributed by atoms with E-state index >= 15 is 0 Å². The van der Waals surface area contributed by atoms with E-state index in [0.717, 1.165) is 32.6 Å². The van der Waals surface area contributed by atoms with E-state index in [-0.39, 0.29) is 0 Å². The quantitative estimate of drug-likeness (QED) is 0.748. The molecular weight excluding hydrogens is 210 g/mol. The first-order valence-electron chi connectivity index (χ1n) is 6.63. The molecule has 1 aromatic carbocycles. The van der Waals surface area contributed by atoms with Gasteiger partial charge in [0.15, 0.2) is 0 Å². The lowest BCUT2D eigenvalue weighted by Gasteiger charge is -2.17. The molecule has 0 aromatic heterocycles. The molecule has 1 rings (SSSR count). The highest BCUT2D eigenvalue weighted by Gasteiger charge is 2.07. The third kappa shape index (κ3) is 5.85. The second kappa shape index (κ2) is 8.26. The molecule has 0 saturated carbocycles. The van der Waals surface area contributed by atoms with Gasteiger partial charge in [-0.05, 0) is 38.8 Å². The van der Waals surface area contributed by atoms with Crippen molar-refractivity contribution in [3.8, 4) is 0 Å². The highest BCUT2D eigenvalue weighted by atomic mass is 16.5. The van der Waals surface area contributed by atoms with Gasteiger partial charge in [0.1, 0.15) is 0 Å². The predicted molar refractivity (Wildman–Crippen MR) is 73.5 cm³/mol. The molecule has 0 heterocycles.